The summed E-state index contributed by atoms with van der Waals surface area (Å²) in [6, 6.07) is 14.1. The minimum Gasteiger partial charge on any atom is -0.351 e. The van der Waals surface area contributed by atoms with E-state index in [2.05, 4.69) is 24.8 Å². The van der Waals surface area contributed by atoms with Gasteiger partial charge in [-0.3, -0.25) is 14.4 Å². The Morgan fingerprint density at radius 3 is 2.35 bits per heavy atom. The SMILES string of the molecule is Cl.O=C(NCCN1CCN(c2nc3c(F)cc(F)cc3s2)CC1)c1ccc(NS(=O)(=O)c2ccc(Cl)cc2)cc1. The third kappa shape index (κ3) is 6.99. The van der Waals surface area contributed by atoms with Crippen LogP contribution in [0.5, 0.6) is 0 Å². The number of hydrogen-bond donors (Lipinski definition) is 2. The Labute approximate surface area is 245 Å². The number of amides is 1. The van der Waals surface area contributed by atoms with Gasteiger partial charge < -0.3 is 10.2 Å². The van der Waals surface area contributed by atoms with Crippen LogP contribution in [0.2, 0.25) is 5.02 Å². The van der Waals surface area contributed by atoms with Crippen LogP contribution < -0.4 is 14.9 Å². The van der Waals surface area contributed by atoms with Crippen molar-refractivity contribution in [3.63, 3.8) is 0 Å². The Morgan fingerprint density at radius 2 is 1.68 bits per heavy atom. The lowest BCUT2D eigenvalue weighted by Gasteiger charge is -2.34. The molecule has 5 rings (SSSR count). The zero-order valence-corrected chi connectivity index (χ0v) is 24.1. The first-order chi connectivity index (χ1) is 18.7. The highest BCUT2D eigenvalue weighted by molar-refractivity contribution is 7.92. The molecule has 1 fully saturated rings. The fourth-order valence-corrected chi connectivity index (χ4v) is 6.43. The van der Waals surface area contributed by atoms with Crippen LogP contribution >= 0.6 is 35.3 Å². The summed E-state index contributed by atoms with van der Waals surface area (Å²) in [5.74, 6) is -1.53. The highest BCUT2D eigenvalue weighted by Crippen LogP contribution is 2.31. The van der Waals surface area contributed by atoms with Crippen LogP contribution in [0, 0.1) is 11.6 Å². The van der Waals surface area contributed by atoms with Gasteiger partial charge in [0.1, 0.15) is 11.3 Å². The first-order valence-corrected chi connectivity index (χ1v) is 14.8. The number of nitrogens with zero attached hydrogens (tertiary/aromatic N) is 3. The predicted octanol–water partition coefficient (Wildman–Crippen LogP) is 5.00. The lowest BCUT2D eigenvalue weighted by atomic mass is 10.2. The van der Waals surface area contributed by atoms with Crippen molar-refractivity contribution in [1.29, 1.82) is 0 Å². The molecule has 1 aliphatic heterocycles. The first kappa shape index (κ1) is 29.9. The molecule has 4 aromatic rings. The van der Waals surface area contributed by atoms with E-state index in [1.807, 2.05) is 0 Å². The number of rotatable bonds is 8. The highest BCUT2D eigenvalue weighted by Gasteiger charge is 2.21. The number of carbonyl (C=O) groups is 1. The van der Waals surface area contributed by atoms with E-state index in [1.165, 1.54) is 53.8 Å². The van der Waals surface area contributed by atoms with Crippen molar-refractivity contribution in [1.82, 2.24) is 15.2 Å². The number of fused-ring (bicyclic) bond motifs is 1. The molecule has 14 heteroatoms. The van der Waals surface area contributed by atoms with E-state index >= 15 is 0 Å². The predicted molar refractivity (Wildman–Crippen MR) is 156 cm³/mol. The second kappa shape index (κ2) is 12.6. The molecule has 0 saturated carbocycles. The Kier molecular flexibility index (Phi) is 9.47. The van der Waals surface area contributed by atoms with Crippen LogP contribution in [0.1, 0.15) is 10.4 Å². The largest absolute Gasteiger partial charge is 0.351 e. The van der Waals surface area contributed by atoms with Gasteiger partial charge in [0, 0.05) is 61.6 Å². The molecule has 2 heterocycles. The van der Waals surface area contributed by atoms with Gasteiger partial charge in [0.25, 0.3) is 15.9 Å². The van der Waals surface area contributed by atoms with Gasteiger partial charge in [-0.05, 0) is 54.6 Å². The average Bonchev–Trinajstić information content (AvgIpc) is 3.34. The maximum absolute atomic E-state index is 14.0. The monoisotopic (exact) mass is 627 g/mol. The molecule has 1 aliphatic rings. The number of anilines is 2. The molecule has 0 bridgehead atoms. The van der Waals surface area contributed by atoms with Crippen molar-refractivity contribution < 1.29 is 22.0 Å². The lowest BCUT2D eigenvalue weighted by Crippen LogP contribution is -2.48. The van der Waals surface area contributed by atoms with Gasteiger partial charge >= 0.3 is 0 Å². The summed E-state index contributed by atoms with van der Waals surface area (Å²) in [6.45, 7) is 3.94. The third-order valence-corrected chi connectivity index (χ3v) is 8.99. The number of nitrogens with one attached hydrogen (secondary N) is 2. The number of sulfonamides is 1. The third-order valence-electron chi connectivity index (χ3n) is 6.28. The number of aromatic nitrogens is 1. The highest BCUT2D eigenvalue weighted by atomic mass is 35.5. The van der Waals surface area contributed by atoms with Crippen LogP contribution in [0.3, 0.4) is 0 Å². The van der Waals surface area contributed by atoms with E-state index in [9.17, 15) is 22.0 Å². The summed E-state index contributed by atoms with van der Waals surface area (Å²) >= 11 is 7.09. The molecule has 3 aromatic carbocycles. The fourth-order valence-electron chi connectivity index (χ4n) is 4.19. The molecule has 40 heavy (non-hydrogen) atoms. The number of thiazole rings is 1. The van der Waals surface area contributed by atoms with Gasteiger partial charge in [0.15, 0.2) is 10.9 Å². The normalized spacial score (nSPS) is 14.1. The van der Waals surface area contributed by atoms with E-state index < -0.39 is 21.7 Å². The van der Waals surface area contributed by atoms with Crippen molar-refractivity contribution in [3.8, 4) is 0 Å². The second-order valence-corrected chi connectivity index (χ2v) is 12.1. The second-order valence-electron chi connectivity index (χ2n) is 8.95. The maximum atomic E-state index is 14.0. The van der Waals surface area contributed by atoms with Crippen molar-refractivity contribution in [2.24, 2.45) is 0 Å². The van der Waals surface area contributed by atoms with Gasteiger partial charge in [-0.1, -0.05) is 22.9 Å². The summed E-state index contributed by atoms with van der Waals surface area (Å²) in [5, 5.41) is 3.99. The fraction of sp³-hybridized carbons (Fsp3) is 0.231. The van der Waals surface area contributed by atoms with E-state index in [0.717, 1.165) is 19.2 Å². The molecule has 0 unspecified atom stereocenters. The molecular formula is C26H25Cl2F2N5O3S2. The lowest BCUT2D eigenvalue weighted by molar-refractivity contribution is 0.0948. The van der Waals surface area contributed by atoms with Crippen LogP contribution in [-0.2, 0) is 10.0 Å². The summed E-state index contributed by atoms with van der Waals surface area (Å²) in [4.78, 5) is 21.3. The van der Waals surface area contributed by atoms with Crippen LogP contribution in [-0.4, -0.2) is 63.5 Å². The summed E-state index contributed by atoms with van der Waals surface area (Å²) in [6.07, 6.45) is 0. The number of piperazine rings is 1. The minimum atomic E-state index is -3.78. The van der Waals surface area contributed by atoms with Gasteiger partial charge in [-0.2, -0.15) is 0 Å². The van der Waals surface area contributed by atoms with Gasteiger partial charge in [0.05, 0.1) is 9.60 Å². The van der Waals surface area contributed by atoms with Gasteiger partial charge in [-0.15, -0.1) is 12.4 Å². The Morgan fingerprint density at radius 1 is 1.00 bits per heavy atom. The Hall–Kier alpha value is -3.03. The molecule has 0 atom stereocenters. The zero-order valence-electron chi connectivity index (χ0n) is 20.9. The summed E-state index contributed by atoms with van der Waals surface area (Å²) < 4.78 is 55.5. The van der Waals surface area contributed by atoms with E-state index in [-0.39, 0.29) is 28.7 Å². The molecule has 1 amide bonds. The Balaban J connectivity index is 0.00000370. The van der Waals surface area contributed by atoms with E-state index in [0.29, 0.717) is 52.3 Å². The topological polar surface area (TPSA) is 94.6 Å². The minimum absolute atomic E-state index is 0. The average molecular weight is 629 g/mol. The molecule has 1 saturated heterocycles. The molecule has 2 N–H and O–H groups in total. The van der Waals surface area contributed by atoms with Gasteiger partial charge in [0.2, 0.25) is 0 Å². The van der Waals surface area contributed by atoms with Crippen molar-refractivity contribution in [2.75, 3.05) is 48.9 Å². The van der Waals surface area contributed by atoms with Crippen LogP contribution in [0.4, 0.5) is 19.6 Å². The molecule has 8 nitrogen and oxygen atoms in total. The number of carbonyl (C=O) groups excluding carboxylic acids is 1. The van der Waals surface area contributed by atoms with Crippen LogP contribution in [0.15, 0.2) is 65.6 Å². The van der Waals surface area contributed by atoms with E-state index in [4.69, 9.17) is 11.6 Å². The summed E-state index contributed by atoms with van der Waals surface area (Å²) in [5.41, 5.74) is 0.933. The van der Waals surface area contributed by atoms with Crippen LogP contribution in [0.25, 0.3) is 10.2 Å². The van der Waals surface area contributed by atoms with Gasteiger partial charge in [-0.25, -0.2) is 22.2 Å². The van der Waals surface area contributed by atoms with Crippen molar-refractivity contribution in [2.45, 2.75) is 4.90 Å². The number of hydrogen-bond acceptors (Lipinski definition) is 7. The molecule has 0 radical (unpaired) electrons. The molecule has 0 spiro atoms. The number of benzene rings is 3. The molecule has 1 aromatic heterocycles. The van der Waals surface area contributed by atoms with E-state index in [1.54, 1.807) is 12.1 Å². The maximum Gasteiger partial charge on any atom is 0.261 e. The van der Waals surface area contributed by atoms with Crippen molar-refractivity contribution >= 4 is 72.3 Å². The number of halogens is 4. The molecular weight excluding hydrogens is 603 g/mol. The first-order valence-electron chi connectivity index (χ1n) is 12.1. The Bertz CT molecular complexity index is 1600. The summed E-state index contributed by atoms with van der Waals surface area (Å²) in [7, 11) is -3.78. The quantitative estimate of drug-likeness (QED) is 0.285. The molecule has 0 aliphatic carbocycles. The smallest absolute Gasteiger partial charge is 0.261 e. The molecule has 212 valence electrons. The van der Waals surface area contributed by atoms with Crippen molar-refractivity contribution in [3.05, 3.63) is 82.9 Å². The zero-order chi connectivity index (χ0) is 27.6. The standard InChI is InChI=1S/C26H24ClF2N5O3S2.ClH/c27-18-3-7-21(8-4-18)39(36,37)32-20-5-1-17(2-6-20)25(35)30-9-10-33-11-13-34(14-12-33)26-31-24-22(29)15-19(28)16-23(24)38-26;/h1-8,15-16,32H,9-14H2,(H,30,35);1H.